The van der Waals surface area contributed by atoms with Gasteiger partial charge in [0, 0.05) is 0 Å². The van der Waals surface area contributed by atoms with Crippen molar-refractivity contribution in [3.05, 3.63) is 64.7 Å². The highest BCUT2D eigenvalue weighted by molar-refractivity contribution is 5.39. The first-order valence-electron chi connectivity index (χ1n) is 6.01. The van der Waals surface area contributed by atoms with Crippen LogP contribution in [0.4, 0.5) is 0 Å². The quantitative estimate of drug-likeness (QED) is 0.894. The zero-order chi connectivity index (χ0) is 13.1. The van der Waals surface area contributed by atoms with Crippen LogP contribution in [-0.4, -0.2) is 12.2 Å². The fourth-order valence-electron chi connectivity index (χ4n) is 2.02. The monoisotopic (exact) mass is 242 g/mol. The van der Waals surface area contributed by atoms with Crippen molar-refractivity contribution in [1.29, 1.82) is 0 Å². The summed E-state index contributed by atoms with van der Waals surface area (Å²) in [4.78, 5) is 0. The Labute approximate surface area is 108 Å². The lowest BCUT2D eigenvalue weighted by molar-refractivity contribution is 0.219. The molecule has 0 saturated carbocycles. The van der Waals surface area contributed by atoms with E-state index in [0.29, 0.717) is 0 Å². The SMILES string of the molecule is COc1ccc(C(O)c2cc(C)ccc2C)cc1. The summed E-state index contributed by atoms with van der Waals surface area (Å²) < 4.78 is 5.12. The molecule has 18 heavy (non-hydrogen) atoms. The number of hydrogen-bond donors (Lipinski definition) is 1. The van der Waals surface area contributed by atoms with Crippen LogP contribution >= 0.6 is 0 Å². The van der Waals surface area contributed by atoms with Crippen LogP contribution in [0.1, 0.15) is 28.4 Å². The van der Waals surface area contributed by atoms with Crippen LogP contribution < -0.4 is 4.74 Å². The number of benzene rings is 2. The molecule has 94 valence electrons. The molecule has 1 N–H and O–H groups in total. The summed E-state index contributed by atoms with van der Waals surface area (Å²) in [5.74, 6) is 0.798. The molecule has 0 bridgehead atoms. The molecule has 2 rings (SSSR count). The standard InChI is InChI=1S/C16H18O2/c1-11-4-5-12(2)15(10-11)16(17)13-6-8-14(18-3)9-7-13/h4-10,16-17H,1-3H3. The molecule has 0 fully saturated rings. The second-order valence-electron chi connectivity index (χ2n) is 4.54. The molecule has 1 unspecified atom stereocenters. The van der Waals surface area contributed by atoms with E-state index in [9.17, 15) is 5.11 Å². The number of rotatable bonds is 3. The summed E-state index contributed by atoms with van der Waals surface area (Å²) in [5, 5.41) is 10.4. The molecule has 0 saturated heterocycles. The third-order valence-corrected chi connectivity index (χ3v) is 3.16. The fraction of sp³-hybridized carbons (Fsp3) is 0.250. The number of methoxy groups -OCH3 is 1. The van der Waals surface area contributed by atoms with Gasteiger partial charge in [0.1, 0.15) is 11.9 Å². The highest BCUT2D eigenvalue weighted by Crippen LogP contribution is 2.26. The minimum Gasteiger partial charge on any atom is -0.497 e. The van der Waals surface area contributed by atoms with Crippen molar-refractivity contribution in [2.24, 2.45) is 0 Å². The largest absolute Gasteiger partial charge is 0.497 e. The second kappa shape index (κ2) is 5.23. The maximum Gasteiger partial charge on any atom is 0.118 e. The fourth-order valence-corrected chi connectivity index (χ4v) is 2.02. The molecular weight excluding hydrogens is 224 g/mol. The van der Waals surface area contributed by atoms with E-state index in [1.54, 1.807) is 7.11 Å². The molecule has 2 nitrogen and oxygen atoms in total. The maximum atomic E-state index is 10.4. The smallest absolute Gasteiger partial charge is 0.118 e. The third kappa shape index (κ3) is 2.54. The van der Waals surface area contributed by atoms with Crippen molar-refractivity contribution in [2.45, 2.75) is 20.0 Å². The molecule has 0 aliphatic carbocycles. The van der Waals surface area contributed by atoms with Crippen molar-refractivity contribution in [3.63, 3.8) is 0 Å². The summed E-state index contributed by atoms with van der Waals surface area (Å²) in [7, 11) is 1.64. The van der Waals surface area contributed by atoms with Gasteiger partial charge in [-0.3, -0.25) is 0 Å². The van der Waals surface area contributed by atoms with Gasteiger partial charge in [-0.25, -0.2) is 0 Å². The van der Waals surface area contributed by atoms with Crippen molar-refractivity contribution in [1.82, 2.24) is 0 Å². The third-order valence-electron chi connectivity index (χ3n) is 3.16. The molecule has 0 spiro atoms. The van der Waals surface area contributed by atoms with Crippen LogP contribution in [0, 0.1) is 13.8 Å². The van der Waals surface area contributed by atoms with Gasteiger partial charge in [-0.05, 0) is 42.7 Å². The molecule has 0 aliphatic heterocycles. The first kappa shape index (κ1) is 12.7. The van der Waals surface area contributed by atoms with Crippen LogP contribution in [0.5, 0.6) is 5.75 Å². The van der Waals surface area contributed by atoms with Crippen molar-refractivity contribution < 1.29 is 9.84 Å². The van der Waals surface area contributed by atoms with Crippen LogP contribution in [0.2, 0.25) is 0 Å². The molecule has 0 radical (unpaired) electrons. The van der Waals surface area contributed by atoms with E-state index >= 15 is 0 Å². The van der Waals surface area contributed by atoms with E-state index in [-0.39, 0.29) is 0 Å². The average molecular weight is 242 g/mol. The van der Waals surface area contributed by atoms with Gasteiger partial charge in [-0.2, -0.15) is 0 Å². The molecule has 1 atom stereocenters. The number of aliphatic hydroxyl groups excluding tert-OH is 1. The summed E-state index contributed by atoms with van der Waals surface area (Å²) in [6.07, 6.45) is -0.587. The van der Waals surface area contributed by atoms with E-state index in [0.717, 1.165) is 28.0 Å². The first-order valence-corrected chi connectivity index (χ1v) is 6.01. The van der Waals surface area contributed by atoms with Crippen LogP contribution in [0.15, 0.2) is 42.5 Å². The molecular formula is C16H18O2. The van der Waals surface area contributed by atoms with E-state index in [2.05, 4.69) is 6.07 Å². The molecule has 0 aliphatic rings. The lowest BCUT2D eigenvalue weighted by atomic mass is 9.96. The number of aliphatic hydroxyl groups is 1. The lowest BCUT2D eigenvalue weighted by Crippen LogP contribution is -2.02. The minimum absolute atomic E-state index is 0.587. The zero-order valence-corrected chi connectivity index (χ0v) is 11.0. The molecule has 0 amide bonds. The number of hydrogen-bond acceptors (Lipinski definition) is 2. The Kier molecular flexibility index (Phi) is 3.68. The van der Waals surface area contributed by atoms with Crippen molar-refractivity contribution in [2.75, 3.05) is 7.11 Å². The van der Waals surface area contributed by atoms with Crippen LogP contribution in [-0.2, 0) is 0 Å². The summed E-state index contributed by atoms with van der Waals surface area (Å²) >= 11 is 0. The second-order valence-corrected chi connectivity index (χ2v) is 4.54. The average Bonchev–Trinajstić information content (AvgIpc) is 2.41. The van der Waals surface area contributed by atoms with Gasteiger partial charge >= 0.3 is 0 Å². The van der Waals surface area contributed by atoms with E-state index in [1.165, 1.54) is 0 Å². The number of aryl methyl sites for hydroxylation is 2. The molecule has 2 aromatic rings. The minimum atomic E-state index is -0.587. The maximum absolute atomic E-state index is 10.4. The Morgan fingerprint density at radius 1 is 1.00 bits per heavy atom. The van der Waals surface area contributed by atoms with Crippen molar-refractivity contribution >= 4 is 0 Å². The predicted molar refractivity (Wildman–Crippen MR) is 73.0 cm³/mol. The first-order chi connectivity index (χ1) is 8.61. The normalized spacial score (nSPS) is 12.2. The number of ether oxygens (including phenoxy) is 1. The summed E-state index contributed by atoms with van der Waals surface area (Å²) in [6.45, 7) is 4.05. The van der Waals surface area contributed by atoms with Crippen LogP contribution in [0.3, 0.4) is 0 Å². The van der Waals surface area contributed by atoms with Gasteiger partial charge in [0.15, 0.2) is 0 Å². The van der Waals surface area contributed by atoms with Crippen molar-refractivity contribution in [3.8, 4) is 5.75 Å². The van der Waals surface area contributed by atoms with Gasteiger partial charge in [-0.15, -0.1) is 0 Å². The Bertz CT molecular complexity index is 529. The predicted octanol–water partition coefficient (Wildman–Crippen LogP) is 3.39. The molecule has 2 aromatic carbocycles. The molecule has 2 heteroatoms. The van der Waals surface area contributed by atoms with E-state index in [4.69, 9.17) is 4.74 Å². The van der Waals surface area contributed by atoms with Gasteiger partial charge in [0.25, 0.3) is 0 Å². The van der Waals surface area contributed by atoms with Gasteiger partial charge in [-0.1, -0.05) is 35.9 Å². The topological polar surface area (TPSA) is 29.5 Å². The van der Waals surface area contributed by atoms with Gasteiger partial charge < -0.3 is 9.84 Å². The Balaban J connectivity index is 2.34. The van der Waals surface area contributed by atoms with E-state index < -0.39 is 6.10 Å². The lowest BCUT2D eigenvalue weighted by Gasteiger charge is -2.15. The highest BCUT2D eigenvalue weighted by atomic mass is 16.5. The van der Waals surface area contributed by atoms with Crippen LogP contribution in [0.25, 0.3) is 0 Å². The molecule has 0 heterocycles. The Morgan fingerprint density at radius 2 is 1.67 bits per heavy atom. The summed E-state index contributed by atoms with van der Waals surface area (Å²) in [5.41, 5.74) is 4.09. The summed E-state index contributed by atoms with van der Waals surface area (Å²) in [6, 6.07) is 13.6. The molecule has 0 aromatic heterocycles. The Morgan fingerprint density at radius 3 is 2.28 bits per heavy atom. The van der Waals surface area contributed by atoms with Gasteiger partial charge in [0.05, 0.1) is 7.11 Å². The Hall–Kier alpha value is -1.80. The highest BCUT2D eigenvalue weighted by Gasteiger charge is 2.12. The van der Waals surface area contributed by atoms with Gasteiger partial charge in [0.2, 0.25) is 0 Å². The van der Waals surface area contributed by atoms with E-state index in [1.807, 2.05) is 50.2 Å². The zero-order valence-electron chi connectivity index (χ0n) is 11.0.